The first-order valence-electron chi connectivity index (χ1n) is 5.27. The van der Waals surface area contributed by atoms with E-state index in [0.717, 1.165) is 5.56 Å². The summed E-state index contributed by atoms with van der Waals surface area (Å²) in [6, 6.07) is 5.29. The van der Waals surface area contributed by atoms with Gasteiger partial charge in [0.1, 0.15) is 4.99 Å². The highest BCUT2D eigenvalue weighted by Gasteiger charge is 2.31. The number of nitrogens with two attached hydrogens (primary N) is 1. The molecule has 0 aliphatic carbocycles. The van der Waals surface area contributed by atoms with E-state index in [9.17, 15) is 9.59 Å². The van der Waals surface area contributed by atoms with E-state index in [-0.39, 0.29) is 29.6 Å². The van der Waals surface area contributed by atoms with Gasteiger partial charge < -0.3 is 5.73 Å². The van der Waals surface area contributed by atoms with E-state index in [0.29, 0.717) is 11.3 Å². The van der Waals surface area contributed by atoms with Crippen molar-refractivity contribution >= 4 is 34.7 Å². The van der Waals surface area contributed by atoms with Crippen LogP contribution in [-0.2, 0) is 9.59 Å². The Morgan fingerprint density at radius 3 is 2.41 bits per heavy atom. The summed E-state index contributed by atoms with van der Waals surface area (Å²) in [7, 11) is 0. The van der Waals surface area contributed by atoms with Gasteiger partial charge in [0.05, 0.1) is 5.69 Å². The van der Waals surface area contributed by atoms with Crippen molar-refractivity contribution in [1.29, 1.82) is 0 Å². The molecular formula is C12H12N2O2S. The van der Waals surface area contributed by atoms with E-state index in [1.807, 2.05) is 13.0 Å². The quantitative estimate of drug-likeness (QED) is 0.632. The molecule has 1 aliphatic rings. The molecule has 0 aromatic heterocycles. The molecular weight excluding hydrogens is 236 g/mol. The standard InChI is InChI=1S/C12H12N2O2S/c1-7-2-3-8(12(13)17)6-9(7)14-10(15)4-5-11(14)16/h2-3,6H,4-5H2,1H3,(H2,13,17). The molecule has 4 nitrogen and oxygen atoms in total. The lowest BCUT2D eigenvalue weighted by Gasteiger charge is -2.17. The van der Waals surface area contributed by atoms with Gasteiger partial charge in [-0.05, 0) is 18.6 Å². The number of nitrogens with zero attached hydrogens (tertiary/aromatic N) is 1. The maximum absolute atomic E-state index is 11.7. The molecule has 1 aliphatic heterocycles. The van der Waals surface area contributed by atoms with Crippen molar-refractivity contribution in [3.63, 3.8) is 0 Å². The minimum absolute atomic E-state index is 0.168. The summed E-state index contributed by atoms with van der Waals surface area (Å²) in [6.45, 7) is 1.84. The SMILES string of the molecule is Cc1ccc(C(N)=S)cc1N1C(=O)CCC1=O. The van der Waals surface area contributed by atoms with Gasteiger partial charge in [0.15, 0.2) is 0 Å². The summed E-state index contributed by atoms with van der Waals surface area (Å²) < 4.78 is 0. The number of aryl methyl sites for hydroxylation is 1. The topological polar surface area (TPSA) is 63.4 Å². The molecule has 2 N–H and O–H groups in total. The Kier molecular flexibility index (Phi) is 2.93. The van der Waals surface area contributed by atoms with Crippen LogP contribution in [0, 0.1) is 6.92 Å². The first-order valence-corrected chi connectivity index (χ1v) is 5.68. The fraction of sp³-hybridized carbons (Fsp3) is 0.250. The lowest BCUT2D eigenvalue weighted by molar-refractivity contribution is -0.121. The molecule has 1 fully saturated rings. The average molecular weight is 248 g/mol. The molecule has 5 heteroatoms. The number of hydrogen-bond acceptors (Lipinski definition) is 3. The van der Waals surface area contributed by atoms with Crippen LogP contribution in [0.5, 0.6) is 0 Å². The van der Waals surface area contributed by atoms with Crippen molar-refractivity contribution in [1.82, 2.24) is 0 Å². The van der Waals surface area contributed by atoms with Gasteiger partial charge >= 0.3 is 0 Å². The molecule has 0 unspecified atom stereocenters. The van der Waals surface area contributed by atoms with Gasteiger partial charge in [0.2, 0.25) is 11.8 Å². The zero-order valence-electron chi connectivity index (χ0n) is 9.40. The van der Waals surface area contributed by atoms with Crippen molar-refractivity contribution in [3.05, 3.63) is 29.3 Å². The van der Waals surface area contributed by atoms with Crippen LogP contribution in [-0.4, -0.2) is 16.8 Å². The fourth-order valence-electron chi connectivity index (χ4n) is 1.85. The molecule has 17 heavy (non-hydrogen) atoms. The average Bonchev–Trinajstić information content (AvgIpc) is 2.59. The van der Waals surface area contributed by atoms with Crippen molar-refractivity contribution < 1.29 is 9.59 Å². The molecule has 0 radical (unpaired) electrons. The van der Waals surface area contributed by atoms with Crippen LogP contribution in [0.1, 0.15) is 24.0 Å². The van der Waals surface area contributed by atoms with Crippen LogP contribution in [0.3, 0.4) is 0 Å². The number of carbonyl (C=O) groups excluding carboxylic acids is 2. The normalized spacial score (nSPS) is 15.5. The zero-order valence-corrected chi connectivity index (χ0v) is 10.2. The van der Waals surface area contributed by atoms with Crippen molar-refractivity contribution in [2.45, 2.75) is 19.8 Å². The molecule has 0 saturated carbocycles. The number of benzene rings is 1. The number of hydrogen-bond donors (Lipinski definition) is 1. The van der Waals surface area contributed by atoms with Crippen LogP contribution in [0.4, 0.5) is 5.69 Å². The molecule has 2 amide bonds. The number of imide groups is 1. The minimum atomic E-state index is -0.168. The predicted octanol–water partition coefficient (Wildman–Crippen LogP) is 1.28. The molecule has 1 aromatic rings. The Morgan fingerprint density at radius 1 is 1.29 bits per heavy atom. The third-order valence-corrected chi connectivity index (χ3v) is 3.02. The summed E-state index contributed by atoms with van der Waals surface area (Å²) in [5.41, 5.74) is 7.65. The number of thiocarbonyl (C=S) groups is 1. The lowest BCUT2D eigenvalue weighted by Crippen LogP contribution is -2.29. The summed E-state index contributed by atoms with van der Waals surface area (Å²) in [4.78, 5) is 24.8. The molecule has 1 heterocycles. The Hall–Kier alpha value is -1.75. The number of carbonyl (C=O) groups is 2. The van der Waals surface area contributed by atoms with Crippen LogP contribution in [0.15, 0.2) is 18.2 Å². The maximum atomic E-state index is 11.7. The number of amides is 2. The third-order valence-electron chi connectivity index (χ3n) is 2.79. The van der Waals surface area contributed by atoms with Crippen molar-refractivity contribution in [3.8, 4) is 0 Å². The maximum Gasteiger partial charge on any atom is 0.234 e. The molecule has 88 valence electrons. The summed E-state index contributed by atoms with van der Waals surface area (Å²) in [5.74, 6) is -0.337. The van der Waals surface area contributed by atoms with E-state index in [1.54, 1.807) is 12.1 Å². The summed E-state index contributed by atoms with van der Waals surface area (Å²) in [5, 5.41) is 0. The predicted molar refractivity (Wildman–Crippen MR) is 68.8 cm³/mol. The van der Waals surface area contributed by atoms with Crippen molar-refractivity contribution in [2.75, 3.05) is 4.90 Å². The van der Waals surface area contributed by atoms with Gasteiger partial charge in [-0.15, -0.1) is 0 Å². The first kappa shape index (κ1) is 11.7. The second-order valence-corrected chi connectivity index (χ2v) is 4.43. The van der Waals surface area contributed by atoms with E-state index in [4.69, 9.17) is 18.0 Å². The van der Waals surface area contributed by atoms with E-state index >= 15 is 0 Å². The molecule has 0 bridgehead atoms. The van der Waals surface area contributed by atoms with E-state index in [1.165, 1.54) is 4.90 Å². The van der Waals surface area contributed by atoms with Crippen molar-refractivity contribution in [2.24, 2.45) is 5.73 Å². The van der Waals surface area contributed by atoms with Gasteiger partial charge in [-0.1, -0.05) is 24.4 Å². The van der Waals surface area contributed by atoms with Crippen LogP contribution >= 0.6 is 12.2 Å². The van der Waals surface area contributed by atoms with Gasteiger partial charge in [0.25, 0.3) is 0 Å². The highest BCUT2D eigenvalue weighted by molar-refractivity contribution is 7.80. The van der Waals surface area contributed by atoms with Crippen LogP contribution in [0.2, 0.25) is 0 Å². The Labute approximate surface area is 104 Å². The van der Waals surface area contributed by atoms with Crippen LogP contribution in [0.25, 0.3) is 0 Å². The van der Waals surface area contributed by atoms with Gasteiger partial charge in [-0.2, -0.15) is 0 Å². The number of anilines is 1. The fourth-order valence-corrected chi connectivity index (χ4v) is 1.98. The zero-order chi connectivity index (χ0) is 12.6. The third kappa shape index (κ3) is 2.06. The smallest absolute Gasteiger partial charge is 0.234 e. The second kappa shape index (κ2) is 4.25. The first-order chi connectivity index (χ1) is 8.00. The Bertz CT molecular complexity index is 509. The summed E-state index contributed by atoms with van der Waals surface area (Å²) in [6.07, 6.45) is 0.547. The highest BCUT2D eigenvalue weighted by atomic mass is 32.1. The van der Waals surface area contributed by atoms with Gasteiger partial charge in [0, 0.05) is 18.4 Å². The minimum Gasteiger partial charge on any atom is -0.389 e. The van der Waals surface area contributed by atoms with Crippen LogP contribution < -0.4 is 10.6 Å². The Morgan fingerprint density at radius 2 is 1.88 bits per heavy atom. The molecule has 2 rings (SSSR count). The second-order valence-electron chi connectivity index (χ2n) is 3.99. The number of rotatable bonds is 2. The lowest BCUT2D eigenvalue weighted by atomic mass is 10.1. The molecule has 0 spiro atoms. The van der Waals surface area contributed by atoms with Gasteiger partial charge in [-0.25, -0.2) is 0 Å². The largest absolute Gasteiger partial charge is 0.389 e. The Balaban J connectivity index is 2.50. The monoisotopic (exact) mass is 248 g/mol. The summed E-state index contributed by atoms with van der Waals surface area (Å²) >= 11 is 4.89. The van der Waals surface area contributed by atoms with E-state index in [2.05, 4.69) is 0 Å². The van der Waals surface area contributed by atoms with Gasteiger partial charge in [-0.3, -0.25) is 14.5 Å². The van der Waals surface area contributed by atoms with E-state index < -0.39 is 0 Å². The highest BCUT2D eigenvalue weighted by Crippen LogP contribution is 2.27. The molecule has 0 atom stereocenters. The molecule has 1 saturated heterocycles. The molecule has 1 aromatic carbocycles.